The monoisotopic (exact) mass is 284 g/mol. The van der Waals surface area contributed by atoms with Crippen LogP contribution >= 0.6 is 0 Å². The van der Waals surface area contributed by atoms with Crippen molar-refractivity contribution in [3.05, 3.63) is 47.5 Å². The Morgan fingerprint density at radius 1 is 1.19 bits per heavy atom. The normalized spacial score (nSPS) is 22.7. The van der Waals surface area contributed by atoms with Crippen LogP contribution in [-0.4, -0.2) is 9.55 Å². The van der Waals surface area contributed by atoms with Crippen LogP contribution in [0.5, 0.6) is 0 Å². The average Bonchev–Trinajstić information content (AvgIpc) is 3.14. The van der Waals surface area contributed by atoms with E-state index in [0.717, 1.165) is 5.92 Å². The molecule has 3 atom stereocenters. The number of hydrogen-bond acceptors (Lipinski definition) is 0. The Hall–Kier alpha value is -1.44. The molecule has 1 aliphatic heterocycles. The van der Waals surface area contributed by atoms with Gasteiger partial charge in [-0.25, -0.2) is 0 Å². The first kappa shape index (κ1) is 14.5. The summed E-state index contributed by atoms with van der Waals surface area (Å²) in [6.45, 7) is 9.18. The third-order valence-corrected chi connectivity index (χ3v) is 5.16. The van der Waals surface area contributed by atoms with E-state index in [1.54, 1.807) is 5.69 Å². The van der Waals surface area contributed by atoms with E-state index in [-0.39, 0.29) is 0 Å². The second kappa shape index (κ2) is 5.75. The van der Waals surface area contributed by atoms with Crippen LogP contribution in [0.3, 0.4) is 0 Å². The summed E-state index contributed by atoms with van der Waals surface area (Å²) in [5, 5.41) is 0. The van der Waals surface area contributed by atoms with Crippen LogP contribution in [0.1, 0.15) is 87.8 Å². The molecule has 2 heteroatoms. The van der Waals surface area contributed by atoms with Crippen molar-refractivity contribution in [1.82, 2.24) is 9.55 Å². The molecular weight excluding hydrogens is 256 g/mol. The lowest BCUT2D eigenvalue weighted by atomic mass is 9.91. The van der Waals surface area contributed by atoms with Crippen LogP contribution in [0.4, 0.5) is 0 Å². The van der Waals surface area contributed by atoms with Gasteiger partial charge in [-0.3, -0.25) is 0 Å². The molecule has 0 fully saturated rings. The van der Waals surface area contributed by atoms with E-state index >= 15 is 0 Å². The van der Waals surface area contributed by atoms with Crippen molar-refractivity contribution in [1.29, 1.82) is 0 Å². The van der Waals surface area contributed by atoms with Crippen molar-refractivity contribution in [3.63, 3.8) is 0 Å². The number of aromatic nitrogens is 2. The topological polar surface area (TPSA) is 20.7 Å². The van der Waals surface area contributed by atoms with Crippen LogP contribution in [0.2, 0.25) is 0 Å². The first-order valence-corrected chi connectivity index (χ1v) is 8.41. The van der Waals surface area contributed by atoms with Gasteiger partial charge in [0.05, 0.1) is 0 Å². The minimum atomic E-state index is 0.588. The largest absolute Gasteiger partial charge is 0.362 e. The maximum Gasteiger partial charge on any atom is 0.0311 e. The maximum absolute atomic E-state index is 3.61. The van der Waals surface area contributed by atoms with Crippen LogP contribution in [0.15, 0.2) is 30.5 Å². The van der Waals surface area contributed by atoms with Gasteiger partial charge in [-0.05, 0) is 62.3 Å². The molecule has 21 heavy (non-hydrogen) atoms. The predicted molar refractivity (Wildman–Crippen MR) is 89.0 cm³/mol. The molecule has 2 aromatic rings. The molecule has 3 rings (SSSR count). The van der Waals surface area contributed by atoms with Gasteiger partial charge in [0.1, 0.15) is 0 Å². The lowest BCUT2D eigenvalue weighted by molar-refractivity contribution is 0.500. The molecule has 2 aromatic heterocycles. The van der Waals surface area contributed by atoms with E-state index in [0.29, 0.717) is 17.9 Å². The highest BCUT2D eigenvalue weighted by Crippen LogP contribution is 2.40. The Bertz CT molecular complexity index is 590. The molecular formula is C19H28N2. The third kappa shape index (κ3) is 2.81. The van der Waals surface area contributed by atoms with Gasteiger partial charge in [0.15, 0.2) is 0 Å². The molecule has 0 spiro atoms. The number of nitrogens with one attached hydrogen (secondary N) is 1. The molecule has 0 radical (unpaired) electrons. The molecule has 0 saturated carbocycles. The van der Waals surface area contributed by atoms with Crippen LogP contribution < -0.4 is 0 Å². The molecule has 0 unspecified atom stereocenters. The van der Waals surface area contributed by atoms with Crippen molar-refractivity contribution in [2.75, 3.05) is 0 Å². The zero-order valence-corrected chi connectivity index (χ0v) is 13.8. The molecule has 3 heterocycles. The fraction of sp³-hybridized carbons (Fsp3) is 0.579. The summed E-state index contributed by atoms with van der Waals surface area (Å²) in [6.07, 6.45) is 6.11. The highest BCUT2D eigenvalue weighted by molar-refractivity contribution is 5.20. The minimum absolute atomic E-state index is 0.588. The smallest absolute Gasteiger partial charge is 0.0311 e. The molecule has 2 nitrogen and oxygen atoms in total. The van der Waals surface area contributed by atoms with Crippen molar-refractivity contribution in [2.45, 2.75) is 70.8 Å². The van der Waals surface area contributed by atoms with Gasteiger partial charge >= 0.3 is 0 Å². The third-order valence-electron chi connectivity index (χ3n) is 5.16. The van der Waals surface area contributed by atoms with Crippen LogP contribution in [0, 0.1) is 0 Å². The number of hydrogen-bond donors (Lipinski definition) is 1. The Morgan fingerprint density at radius 2 is 1.95 bits per heavy atom. The van der Waals surface area contributed by atoms with E-state index in [2.05, 4.69) is 67.7 Å². The van der Waals surface area contributed by atoms with Gasteiger partial charge in [-0.1, -0.05) is 20.8 Å². The summed E-state index contributed by atoms with van der Waals surface area (Å²) in [5.74, 6) is 1.96. The fourth-order valence-electron chi connectivity index (χ4n) is 3.73. The second-order valence-corrected chi connectivity index (χ2v) is 7.12. The zero-order chi connectivity index (χ0) is 15.0. The van der Waals surface area contributed by atoms with Crippen molar-refractivity contribution < 1.29 is 0 Å². The number of rotatable bonds is 5. The maximum atomic E-state index is 3.61. The molecule has 0 bridgehead atoms. The van der Waals surface area contributed by atoms with Gasteiger partial charge in [0, 0.05) is 35.2 Å². The van der Waals surface area contributed by atoms with E-state index in [1.807, 2.05) is 0 Å². The van der Waals surface area contributed by atoms with Crippen LogP contribution in [0.25, 0.3) is 0 Å². The number of nitrogens with zero attached hydrogens (tertiary/aromatic N) is 1. The van der Waals surface area contributed by atoms with Gasteiger partial charge in [0.25, 0.3) is 0 Å². The summed E-state index contributed by atoms with van der Waals surface area (Å²) in [6, 6.07) is 9.71. The van der Waals surface area contributed by atoms with Crippen molar-refractivity contribution in [2.24, 2.45) is 0 Å². The predicted octanol–water partition coefficient (Wildman–Crippen LogP) is 5.57. The van der Waals surface area contributed by atoms with E-state index < -0.39 is 0 Å². The Morgan fingerprint density at radius 3 is 2.67 bits per heavy atom. The number of aromatic amines is 1. The quantitative estimate of drug-likeness (QED) is 0.740. The minimum Gasteiger partial charge on any atom is -0.362 e. The lowest BCUT2D eigenvalue weighted by Gasteiger charge is -2.14. The van der Waals surface area contributed by atoms with E-state index in [4.69, 9.17) is 0 Å². The van der Waals surface area contributed by atoms with Crippen molar-refractivity contribution >= 4 is 0 Å². The van der Waals surface area contributed by atoms with Crippen molar-refractivity contribution in [3.8, 4) is 0 Å². The number of H-pyrrole nitrogens is 1. The summed E-state index contributed by atoms with van der Waals surface area (Å²) in [7, 11) is 0. The molecule has 1 N–H and O–H groups in total. The van der Waals surface area contributed by atoms with Gasteiger partial charge in [0.2, 0.25) is 0 Å². The molecule has 1 aliphatic rings. The molecule has 0 aromatic carbocycles. The standard InChI is InChI=1S/C19H28N2/c1-13(2)17-9-10-18(20-17)14(3)7-8-16-12-15(4)21-11-5-6-19(16)21/h5-6,9-11,13-16,20H,7-8,12H2,1-4H3/t14-,15+,16-/m0/s1. The second-order valence-electron chi connectivity index (χ2n) is 7.12. The summed E-state index contributed by atoms with van der Waals surface area (Å²) in [4.78, 5) is 3.61. The lowest BCUT2D eigenvalue weighted by Crippen LogP contribution is -2.00. The SMILES string of the molecule is CC(C)c1ccc([C@@H](C)CC[C@H]2C[C@@H](C)n3cccc32)[nH]1. The van der Waals surface area contributed by atoms with E-state index in [1.165, 1.54) is 30.7 Å². The zero-order valence-electron chi connectivity index (χ0n) is 13.8. The molecule has 0 saturated heterocycles. The Balaban J connectivity index is 1.60. The molecule has 114 valence electrons. The highest BCUT2D eigenvalue weighted by atomic mass is 15.0. The first-order chi connectivity index (χ1) is 10.1. The van der Waals surface area contributed by atoms with Gasteiger partial charge in [-0.15, -0.1) is 0 Å². The first-order valence-electron chi connectivity index (χ1n) is 8.41. The average molecular weight is 284 g/mol. The van der Waals surface area contributed by atoms with Gasteiger partial charge in [-0.2, -0.15) is 0 Å². The Kier molecular flexibility index (Phi) is 3.97. The molecule has 0 amide bonds. The number of fused-ring (bicyclic) bond motifs is 1. The molecule has 0 aliphatic carbocycles. The highest BCUT2D eigenvalue weighted by Gasteiger charge is 2.27. The Labute approximate surface area is 128 Å². The van der Waals surface area contributed by atoms with E-state index in [9.17, 15) is 0 Å². The van der Waals surface area contributed by atoms with Crippen LogP contribution in [-0.2, 0) is 0 Å². The van der Waals surface area contributed by atoms with Gasteiger partial charge < -0.3 is 9.55 Å². The summed E-state index contributed by atoms with van der Waals surface area (Å²) in [5.41, 5.74) is 4.31. The fourth-order valence-corrected chi connectivity index (χ4v) is 3.73. The summed E-state index contributed by atoms with van der Waals surface area (Å²) < 4.78 is 2.46. The summed E-state index contributed by atoms with van der Waals surface area (Å²) >= 11 is 0.